The summed E-state index contributed by atoms with van der Waals surface area (Å²) in [5.74, 6) is 1.62. The van der Waals surface area contributed by atoms with Gasteiger partial charge in [-0.1, -0.05) is 29.8 Å². The Kier molecular flexibility index (Phi) is 2.20. The molecule has 98 valence electrons. The predicted molar refractivity (Wildman–Crippen MR) is 75.6 cm³/mol. The van der Waals surface area contributed by atoms with Gasteiger partial charge in [-0.2, -0.15) is 5.26 Å². The van der Waals surface area contributed by atoms with Crippen LogP contribution >= 0.6 is 0 Å². The van der Waals surface area contributed by atoms with Gasteiger partial charge in [0.2, 0.25) is 0 Å². The lowest BCUT2D eigenvalue weighted by atomic mass is 9.43. The monoisotopic (exact) mass is 251 g/mol. The van der Waals surface area contributed by atoms with Gasteiger partial charge in [-0.15, -0.1) is 0 Å². The summed E-state index contributed by atoms with van der Waals surface area (Å²) in [6.45, 7) is 2.15. The summed E-state index contributed by atoms with van der Waals surface area (Å²) in [6.07, 6.45) is 7.51. The molecule has 0 aliphatic heterocycles. The second kappa shape index (κ2) is 3.63. The van der Waals surface area contributed by atoms with Crippen LogP contribution in [-0.2, 0) is 5.41 Å². The third kappa shape index (κ3) is 1.59. The lowest BCUT2D eigenvalue weighted by Gasteiger charge is -2.60. The van der Waals surface area contributed by atoms with Crippen molar-refractivity contribution in [2.24, 2.45) is 17.3 Å². The van der Waals surface area contributed by atoms with E-state index in [4.69, 9.17) is 0 Å². The molecule has 0 aromatic heterocycles. The van der Waals surface area contributed by atoms with Gasteiger partial charge in [0, 0.05) is 0 Å². The first kappa shape index (κ1) is 11.5. The van der Waals surface area contributed by atoms with Crippen LogP contribution in [0.5, 0.6) is 0 Å². The Morgan fingerprint density at radius 2 is 1.68 bits per heavy atom. The topological polar surface area (TPSA) is 23.8 Å². The zero-order valence-corrected chi connectivity index (χ0v) is 11.7. The zero-order chi connectivity index (χ0) is 13.1. The third-order valence-corrected chi connectivity index (χ3v) is 5.96. The van der Waals surface area contributed by atoms with Crippen molar-refractivity contribution in [1.82, 2.24) is 0 Å². The largest absolute Gasteiger partial charge is 0.198 e. The molecule has 0 spiro atoms. The van der Waals surface area contributed by atoms with E-state index in [-0.39, 0.29) is 5.41 Å². The lowest BCUT2D eigenvalue weighted by Crippen LogP contribution is -2.53. The first-order valence-electron chi connectivity index (χ1n) is 7.62. The summed E-state index contributed by atoms with van der Waals surface area (Å²) >= 11 is 0. The number of aryl methyl sites for hydroxylation is 1. The molecule has 0 radical (unpaired) electrons. The van der Waals surface area contributed by atoms with E-state index in [2.05, 4.69) is 37.3 Å². The van der Waals surface area contributed by atoms with Gasteiger partial charge in [-0.3, -0.25) is 0 Å². The standard InChI is InChI=1S/C18H21N/c1-13-2-4-16(5-3-13)18-9-14-6-15(10-18)8-17(7-14,11-18)12-19/h2-5,14-15H,6-11H2,1H3/t14-,15-,17?,18?/m1/s1. The maximum absolute atomic E-state index is 9.69. The highest BCUT2D eigenvalue weighted by Crippen LogP contribution is 2.65. The van der Waals surface area contributed by atoms with Crippen LogP contribution in [0.25, 0.3) is 0 Å². The third-order valence-electron chi connectivity index (χ3n) is 5.96. The molecule has 4 saturated carbocycles. The lowest BCUT2D eigenvalue weighted by molar-refractivity contribution is -0.0413. The van der Waals surface area contributed by atoms with E-state index in [1.807, 2.05) is 0 Å². The van der Waals surface area contributed by atoms with Gasteiger partial charge in [0.05, 0.1) is 11.5 Å². The molecular weight excluding hydrogens is 230 g/mol. The molecule has 0 heterocycles. The van der Waals surface area contributed by atoms with Crippen LogP contribution in [0, 0.1) is 35.5 Å². The molecule has 1 aromatic carbocycles. The Bertz CT molecular complexity index is 534. The van der Waals surface area contributed by atoms with Crippen molar-refractivity contribution in [3.63, 3.8) is 0 Å². The molecule has 4 aliphatic rings. The summed E-state index contributed by atoms with van der Waals surface area (Å²) in [4.78, 5) is 0. The molecule has 1 aromatic rings. The van der Waals surface area contributed by atoms with E-state index in [1.165, 1.54) is 43.2 Å². The Hall–Kier alpha value is -1.29. The van der Waals surface area contributed by atoms with Crippen LogP contribution < -0.4 is 0 Å². The highest BCUT2D eigenvalue weighted by atomic mass is 14.6. The molecule has 4 bridgehead atoms. The van der Waals surface area contributed by atoms with E-state index in [1.54, 1.807) is 0 Å². The number of hydrogen-bond donors (Lipinski definition) is 0. The van der Waals surface area contributed by atoms with Crippen LogP contribution in [0.4, 0.5) is 0 Å². The molecule has 19 heavy (non-hydrogen) atoms. The van der Waals surface area contributed by atoms with Gasteiger partial charge >= 0.3 is 0 Å². The van der Waals surface area contributed by atoms with Crippen LogP contribution in [0.2, 0.25) is 0 Å². The van der Waals surface area contributed by atoms with Gasteiger partial charge in [0.15, 0.2) is 0 Å². The van der Waals surface area contributed by atoms with E-state index in [9.17, 15) is 5.26 Å². The fourth-order valence-electron chi connectivity index (χ4n) is 5.64. The Balaban J connectivity index is 1.79. The van der Waals surface area contributed by atoms with Crippen LogP contribution in [0.1, 0.15) is 49.7 Å². The van der Waals surface area contributed by atoms with E-state index < -0.39 is 0 Å². The molecule has 5 rings (SSSR count). The molecule has 4 aliphatic carbocycles. The number of hydrogen-bond acceptors (Lipinski definition) is 1. The molecule has 0 amide bonds. The molecule has 1 nitrogen and oxygen atoms in total. The second-order valence-electron chi connectivity index (χ2n) is 7.50. The van der Waals surface area contributed by atoms with Crippen LogP contribution in [0.3, 0.4) is 0 Å². The van der Waals surface area contributed by atoms with Crippen molar-refractivity contribution in [2.75, 3.05) is 0 Å². The summed E-state index contributed by atoms with van der Waals surface area (Å²) in [6, 6.07) is 11.9. The smallest absolute Gasteiger partial charge is 0.0690 e. The maximum Gasteiger partial charge on any atom is 0.0690 e. The highest BCUT2D eigenvalue weighted by molar-refractivity contribution is 5.34. The molecule has 0 N–H and O–H groups in total. The SMILES string of the molecule is Cc1ccc(C23C[C@@H]4C[C@H](CC(C#N)(C4)C2)C3)cc1. The maximum atomic E-state index is 9.69. The predicted octanol–water partition coefficient (Wildman–Crippen LogP) is 4.36. The molecule has 0 saturated heterocycles. The minimum absolute atomic E-state index is 0.00890. The quantitative estimate of drug-likeness (QED) is 0.727. The molecule has 4 fully saturated rings. The number of nitriles is 1. The Morgan fingerprint density at radius 1 is 1.05 bits per heavy atom. The van der Waals surface area contributed by atoms with Crippen molar-refractivity contribution in [3.8, 4) is 6.07 Å². The Labute approximate surface area is 115 Å². The first-order valence-corrected chi connectivity index (χ1v) is 7.62. The number of benzene rings is 1. The van der Waals surface area contributed by atoms with E-state index in [0.29, 0.717) is 5.41 Å². The van der Waals surface area contributed by atoms with E-state index >= 15 is 0 Å². The van der Waals surface area contributed by atoms with Crippen molar-refractivity contribution in [3.05, 3.63) is 35.4 Å². The van der Waals surface area contributed by atoms with Gasteiger partial charge in [-0.05, 0) is 68.3 Å². The van der Waals surface area contributed by atoms with Gasteiger partial charge in [-0.25, -0.2) is 0 Å². The van der Waals surface area contributed by atoms with Crippen molar-refractivity contribution in [1.29, 1.82) is 5.26 Å². The first-order chi connectivity index (χ1) is 9.13. The van der Waals surface area contributed by atoms with Gasteiger partial charge < -0.3 is 0 Å². The number of rotatable bonds is 1. The summed E-state index contributed by atoms with van der Waals surface area (Å²) in [7, 11) is 0. The Morgan fingerprint density at radius 3 is 2.26 bits per heavy atom. The molecule has 1 heteroatoms. The van der Waals surface area contributed by atoms with Crippen molar-refractivity contribution >= 4 is 0 Å². The fraction of sp³-hybridized carbons (Fsp3) is 0.611. The summed E-state index contributed by atoms with van der Waals surface area (Å²) in [5.41, 5.74) is 3.18. The normalized spacial score (nSPS) is 43.2. The van der Waals surface area contributed by atoms with Crippen LogP contribution in [0.15, 0.2) is 24.3 Å². The zero-order valence-electron chi connectivity index (χ0n) is 11.7. The van der Waals surface area contributed by atoms with Gasteiger partial charge in [0.25, 0.3) is 0 Å². The van der Waals surface area contributed by atoms with Gasteiger partial charge in [0.1, 0.15) is 0 Å². The average molecular weight is 251 g/mol. The minimum Gasteiger partial charge on any atom is -0.198 e. The second-order valence-corrected chi connectivity index (χ2v) is 7.50. The highest BCUT2D eigenvalue weighted by Gasteiger charge is 2.58. The van der Waals surface area contributed by atoms with Crippen molar-refractivity contribution in [2.45, 2.75) is 50.9 Å². The average Bonchev–Trinajstić information content (AvgIpc) is 2.38. The minimum atomic E-state index is 0.00890. The number of nitrogens with zero attached hydrogens (tertiary/aromatic N) is 1. The molecule has 0 unspecified atom stereocenters. The summed E-state index contributed by atoms with van der Waals surface area (Å²) < 4.78 is 0. The van der Waals surface area contributed by atoms with Crippen molar-refractivity contribution < 1.29 is 0 Å². The molecule has 2 atom stereocenters. The summed E-state index contributed by atoms with van der Waals surface area (Å²) in [5, 5.41) is 9.69. The van der Waals surface area contributed by atoms with Crippen LogP contribution in [-0.4, -0.2) is 0 Å². The molecular formula is C18H21N. The fourth-order valence-corrected chi connectivity index (χ4v) is 5.64. The van der Waals surface area contributed by atoms with E-state index in [0.717, 1.165) is 18.3 Å².